The van der Waals surface area contributed by atoms with Crippen LogP contribution in [0, 0.1) is 6.92 Å². The van der Waals surface area contributed by atoms with Crippen LogP contribution in [-0.2, 0) is 21.2 Å². The number of benzene rings is 1. The maximum absolute atomic E-state index is 12.4. The molecule has 1 heterocycles. The Morgan fingerprint density at radius 1 is 1.33 bits per heavy atom. The number of hydrogen-bond donors (Lipinski definition) is 2. The van der Waals surface area contributed by atoms with Crippen molar-refractivity contribution in [3.63, 3.8) is 0 Å². The van der Waals surface area contributed by atoms with Crippen molar-refractivity contribution < 1.29 is 17.7 Å². The average Bonchev–Trinajstić information content (AvgIpc) is 3.04. The molecule has 0 radical (unpaired) electrons. The third-order valence-corrected chi connectivity index (χ3v) is 5.11. The number of aromatic nitrogens is 1. The molecule has 2 aromatic rings. The van der Waals surface area contributed by atoms with E-state index in [1.54, 1.807) is 38.4 Å². The minimum atomic E-state index is -3.58. The van der Waals surface area contributed by atoms with Crippen LogP contribution in [0.3, 0.4) is 0 Å². The van der Waals surface area contributed by atoms with Gasteiger partial charge in [0.1, 0.15) is 6.26 Å². The quantitative estimate of drug-likeness (QED) is 0.710. The highest BCUT2D eigenvalue weighted by molar-refractivity contribution is 7.89. The van der Waals surface area contributed by atoms with Crippen molar-refractivity contribution in [2.24, 2.45) is 0 Å². The van der Waals surface area contributed by atoms with Crippen LogP contribution in [0.2, 0.25) is 0 Å². The van der Waals surface area contributed by atoms with Gasteiger partial charge in [0, 0.05) is 24.2 Å². The lowest BCUT2D eigenvalue weighted by Crippen LogP contribution is -2.25. The minimum Gasteiger partial charge on any atom is -0.364 e. The molecule has 0 aliphatic heterocycles. The Morgan fingerprint density at radius 2 is 2.12 bits per heavy atom. The zero-order valence-electron chi connectivity index (χ0n) is 13.7. The molecule has 8 heteroatoms. The molecule has 0 aliphatic carbocycles. The second-order valence-corrected chi connectivity index (χ2v) is 7.15. The molecule has 130 valence electrons. The molecule has 0 atom stereocenters. The lowest BCUT2D eigenvalue weighted by atomic mass is 10.2. The third-order valence-electron chi connectivity index (χ3n) is 3.49. The number of carbonyl (C=O) groups excluding carboxylic acids is 1. The van der Waals surface area contributed by atoms with E-state index in [1.807, 2.05) is 0 Å². The largest absolute Gasteiger partial charge is 0.364 e. The summed E-state index contributed by atoms with van der Waals surface area (Å²) in [5.41, 5.74) is 2.10. The molecule has 1 amide bonds. The molecule has 0 bridgehead atoms. The van der Waals surface area contributed by atoms with E-state index in [9.17, 15) is 13.2 Å². The van der Waals surface area contributed by atoms with Gasteiger partial charge in [-0.2, -0.15) is 0 Å². The molecule has 0 aliphatic rings. The van der Waals surface area contributed by atoms with E-state index in [-0.39, 0.29) is 10.8 Å². The Kier molecular flexibility index (Phi) is 6.10. The number of rotatable bonds is 8. The number of aryl methyl sites for hydroxylation is 2. The van der Waals surface area contributed by atoms with Gasteiger partial charge in [-0.05, 0) is 43.5 Å². The molecule has 0 fully saturated rings. The van der Waals surface area contributed by atoms with Crippen molar-refractivity contribution in [3.05, 3.63) is 41.8 Å². The standard InChI is InChI=1S/C16H21N3O4S/c1-3-16(20)19-14-6-7-15(12(2)9-14)24(21,22)18-8-4-5-13-10-17-23-11-13/h6-7,9-11,18H,3-5,8H2,1-2H3,(H,19,20). The molecule has 0 saturated heterocycles. The summed E-state index contributed by atoms with van der Waals surface area (Å²) in [4.78, 5) is 11.6. The fourth-order valence-corrected chi connectivity index (χ4v) is 3.50. The Morgan fingerprint density at radius 3 is 2.75 bits per heavy atom. The highest BCUT2D eigenvalue weighted by atomic mass is 32.2. The van der Waals surface area contributed by atoms with Crippen LogP contribution >= 0.6 is 0 Å². The first-order valence-corrected chi connectivity index (χ1v) is 9.19. The lowest BCUT2D eigenvalue weighted by Gasteiger charge is -2.11. The number of nitrogens with one attached hydrogen (secondary N) is 2. The van der Waals surface area contributed by atoms with Gasteiger partial charge >= 0.3 is 0 Å². The summed E-state index contributed by atoms with van der Waals surface area (Å²) in [6, 6.07) is 4.74. The molecule has 24 heavy (non-hydrogen) atoms. The van der Waals surface area contributed by atoms with E-state index in [0.29, 0.717) is 37.1 Å². The summed E-state index contributed by atoms with van der Waals surface area (Å²) >= 11 is 0. The zero-order valence-corrected chi connectivity index (χ0v) is 14.5. The number of hydrogen-bond acceptors (Lipinski definition) is 5. The van der Waals surface area contributed by atoms with Crippen molar-refractivity contribution in [1.29, 1.82) is 0 Å². The Hall–Kier alpha value is -2.19. The van der Waals surface area contributed by atoms with E-state index in [2.05, 4.69) is 15.2 Å². The summed E-state index contributed by atoms with van der Waals surface area (Å²) in [6.07, 6.45) is 4.86. The van der Waals surface area contributed by atoms with E-state index in [0.717, 1.165) is 5.56 Å². The Bertz CT molecular complexity index is 786. The lowest BCUT2D eigenvalue weighted by molar-refractivity contribution is -0.115. The maximum Gasteiger partial charge on any atom is 0.240 e. The molecule has 0 saturated carbocycles. The summed E-state index contributed by atoms with van der Waals surface area (Å²) in [5, 5.41) is 6.31. The van der Waals surface area contributed by atoms with Gasteiger partial charge in [0.05, 0.1) is 11.1 Å². The molecule has 0 unspecified atom stereocenters. The van der Waals surface area contributed by atoms with Gasteiger partial charge in [0.15, 0.2) is 0 Å². The van der Waals surface area contributed by atoms with Gasteiger partial charge in [0.25, 0.3) is 0 Å². The molecule has 1 aromatic carbocycles. The first-order chi connectivity index (χ1) is 11.4. The predicted molar refractivity (Wildman–Crippen MR) is 90.1 cm³/mol. The van der Waals surface area contributed by atoms with Gasteiger partial charge in [-0.1, -0.05) is 12.1 Å². The van der Waals surface area contributed by atoms with Crippen molar-refractivity contribution >= 4 is 21.6 Å². The summed E-state index contributed by atoms with van der Waals surface area (Å²) in [5.74, 6) is -0.114. The SMILES string of the molecule is CCC(=O)Nc1ccc(S(=O)(=O)NCCCc2cnoc2)c(C)c1. The summed E-state index contributed by atoms with van der Waals surface area (Å²) in [6.45, 7) is 3.78. The van der Waals surface area contributed by atoms with Crippen LogP contribution < -0.4 is 10.0 Å². The molecule has 0 spiro atoms. The smallest absolute Gasteiger partial charge is 0.240 e. The van der Waals surface area contributed by atoms with Crippen LogP contribution in [0.4, 0.5) is 5.69 Å². The van der Waals surface area contributed by atoms with Gasteiger partial charge in [-0.25, -0.2) is 13.1 Å². The second-order valence-electron chi connectivity index (χ2n) is 5.42. The predicted octanol–water partition coefficient (Wildman–Crippen LogP) is 2.24. The number of anilines is 1. The van der Waals surface area contributed by atoms with E-state index in [4.69, 9.17) is 4.52 Å². The normalized spacial score (nSPS) is 11.4. The van der Waals surface area contributed by atoms with Crippen molar-refractivity contribution in [2.75, 3.05) is 11.9 Å². The molecular formula is C16H21N3O4S. The van der Waals surface area contributed by atoms with Crippen LogP contribution in [0.15, 0.2) is 40.1 Å². The Balaban J connectivity index is 1.96. The topological polar surface area (TPSA) is 101 Å². The summed E-state index contributed by atoms with van der Waals surface area (Å²) in [7, 11) is -3.58. The average molecular weight is 351 g/mol. The number of amides is 1. The highest BCUT2D eigenvalue weighted by Crippen LogP contribution is 2.19. The first kappa shape index (κ1) is 18.2. The van der Waals surface area contributed by atoms with Crippen LogP contribution in [0.5, 0.6) is 0 Å². The number of nitrogens with zero attached hydrogens (tertiary/aromatic N) is 1. The summed E-state index contributed by atoms with van der Waals surface area (Å²) < 4.78 is 32.1. The van der Waals surface area contributed by atoms with E-state index >= 15 is 0 Å². The molecule has 1 aromatic heterocycles. The monoisotopic (exact) mass is 351 g/mol. The number of sulfonamides is 1. The molecule has 7 nitrogen and oxygen atoms in total. The van der Waals surface area contributed by atoms with Crippen molar-refractivity contribution in [2.45, 2.75) is 38.0 Å². The van der Waals surface area contributed by atoms with Crippen LogP contribution in [0.25, 0.3) is 0 Å². The van der Waals surface area contributed by atoms with Crippen molar-refractivity contribution in [1.82, 2.24) is 9.88 Å². The number of carbonyl (C=O) groups is 1. The van der Waals surface area contributed by atoms with Crippen molar-refractivity contribution in [3.8, 4) is 0 Å². The van der Waals surface area contributed by atoms with Crippen LogP contribution in [-0.4, -0.2) is 26.0 Å². The molecule has 2 N–H and O–H groups in total. The van der Waals surface area contributed by atoms with Gasteiger partial charge in [0.2, 0.25) is 15.9 Å². The minimum absolute atomic E-state index is 0.114. The molecule has 2 rings (SSSR count). The Labute approximate surface area is 141 Å². The highest BCUT2D eigenvalue weighted by Gasteiger charge is 2.16. The van der Waals surface area contributed by atoms with E-state index in [1.165, 1.54) is 6.07 Å². The van der Waals surface area contributed by atoms with Crippen LogP contribution in [0.1, 0.15) is 30.9 Å². The second kappa shape index (κ2) is 8.07. The molecular weight excluding hydrogens is 330 g/mol. The maximum atomic E-state index is 12.4. The van der Waals surface area contributed by atoms with Gasteiger partial charge < -0.3 is 9.84 Å². The third kappa shape index (κ3) is 4.90. The van der Waals surface area contributed by atoms with E-state index < -0.39 is 10.0 Å². The van der Waals surface area contributed by atoms with Gasteiger partial charge in [-0.15, -0.1) is 0 Å². The fraction of sp³-hybridized carbons (Fsp3) is 0.375. The zero-order chi connectivity index (χ0) is 17.6. The first-order valence-electron chi connectivity index (χ1n) is 7.71. The van der Waals surface area contributed by atoms with Gasteiger partial charge in [-0.3, -0.25) is 4.79 Å². The fourth-order valence-electron chi connectivity index (χ4n) is 2.21.